The minimum Gasteiger partial charge on any atom is -0.405 e. The van der Waals surface area contributed by atoms with E-state index in [0.717, 1.165) is 0 Å². The summed E-state index contributed by atoms with van der Waals surface area (Å²) >= 11 is 0. The van der Waals surface area contributed by atoms with Gasteiger partial charge in [-0.2, -0.15) is 0 Å². The lowest BCUT2D eigenvalue weighted by atomic mass is 9.98. The van der Waals surface area contributed by atoms with Gasteiger partial charge in [-0.15, -0.1) is 0 Å². The zero-order valence-corrected chi connectivity index (χ0v) is 8.80. The molecule has 2 nitrogen and oxygen atoms in total. The summed E-state index contributed by atoms with van der Waals surface area (Å²) in [5, 5.41) is 0. The first-order chi connectivity index (χ1) is 6.29. The molecule has 0 aliphatic rings. The Kier molecular flexibility index (Phi) is 4.28. The highest BCUT2D eigenvalue weighted by Gasteiger charge is 2.18. The Labute approximate surface area is 84.0 Å². The molecule has 0 aromatic heterocycles. The summed E-state index contributed by atoms with van der Waals surface area (Å²) in [6.45, 7) is 7.71. The van der Waals surface area contributed by atoms with Crippen molar-refractivity contribution in [3.8, 4) is 0 Å². The van der Waals surface area contributed by atoms with Gasteiger partial charge in [0.15, 0.2) is 5.78 Å². The molecule has 0 fully saturated rings. The Morgan fingerprint density at radius 2 is 2.00 bits per heavy atom. The highest BCUT2D eigenvalue weighted by atomic mass is 19.1. The van der Waals surface area contributed by atoms with Crippen LogP contribution in [-0.4, -0.2) is 11.5 Å². The Hall–Kier alpha value is -1.38. The second-order valence-corrected chi connectivity index (χ2v) is 3.51. The van der Waals surface area contributed by atoms with E-state index in [9.17, 15) is 9.18 Å². The molecule has 0 unspecified atom stereocenters. The first-order valence-electron chi connectivity index (χ1n) is 4.28. The van der Waals surface area contributed by atoms with Gasteiger partial charge < -0.3 is 5.73 Å². The average Bonchev–Trinajstić information content (AvgIpc) is 2.01. The van der Waals surface area contributed by atoms with Crippen molar-refractivity contribution in [2.75, 3.05) is 0 Å². The molecule has 14 heavy (non-hydrogen) atoms. The van der Waals surface area contributed by atoms with Crippen molar-refractivity contribution in [3.63, 3.8) is 0 Å². The van der Waals surface area contributed by atoms with E-state index in [1.165, 1.54) is 39.1 Å². The van der Waals surface area contributed by atoms with Gasteiger partial charge in [-0.3, -0.25) is 4.79 Å². The molecular weight excluding hydrogens is 181 g/mol. The molecule has 0 amide bonds. The minimum absolute atomic E-state index is 0.169. The summed E-state index contributed by atoms with van der Waals surface area (Å²) in [6.07, 6.45) is 4.08. The van der Waals surface area contributed by atoms with E-state index in [1.54, 1.807) is 0 Å². The van der Waals surface area contributed by atoms with Gasteiger partial charge in [-0.1, -0.05) is 6.58 Å². The van der Waals surface area contributed by atoms with E-state index in [-0.39, 0.29) is 11.4 Å². The number of Topliss-reactive ketones (excluding diaryl/α,β-unsaturated/α-hetero) is 1. The number of carbonyl (C=O) groups excluding carboxylic acids is 1. The number of hydrogen-bond acceptors (Lipinski definition) is 2. The molecule has 78 valence electrons. The standard InChI is InChI=1S/C11H16FNO/c1-8(11(3,4)12)7-10(5-6-13)9(2)14/h5-7H,1,13H2,2-4H3/b6-5-,10-7+. The summed E-state index contributed by atoms with van der Waals surface area (Å²) in [5.41, 5.74) is 4.23. The van der Waals surface area contributed by atoms with Crippen LogP contribution in [0.2, 0.25) is 0 Å². The predicted octanol–water partition coefficient (Wildman–Crippen LogP) is 2.28. The smallest absolute Gasteiger partial charge is 0.159 e. The summed E-state index contributed by atoms with van der Waals surface area (Å²) < 4.78 is 13.3. The monoisotopic (exact) mass is 197 g/mol. The number of ketones is 1. The number of carbonyl (C=O) groups is 1. The van der Waals surface area contributed by atoms with Gasteiger partial charge in [-0.25, -0.2) is 4.39 Å². The minimum atomic E-state index is -1.52. The van der Waals surface area contributed by atoms with E-state index >= 15 is 0 Å². The number of halogens is 1. The molecule has 0 aromatic carbocycles. The van der Waals surface area contributed by atoms with Crippen LogP contribution in [-0.2, 0) is 4.79 Å². The molecule has 0 aromatic rings. The number of hydrogen-bond donors (Lipinski definition) is 1. The zero-order chi connectivity index (χ0) is 11.4. The Morgan fingerprint density at radius 3 is 2.29 bits per heavy atom. The summed E-state index contributed by atoms with van der Waals surface area (Å²) in [7, 11) is 0. The Balaban J connectivity index is 4.94. The van der Waals surface area contributed by atoms with Crippen molar-refractivity contribution in [3.05, 3.63) is 36.1 Å². The van der Waals surface area contributed by atoms with Gasteiger partial charge in [0, 0.05) is 5.57 Å². The quantitative estimate of drug-likeness (QED) is 0.555. The maximum absolute atomic E-state index is 13.3. The first kappa shape index (κ1) is 12.6. The molecular formula is C11H16FNO. The van der Waals surface area contributed by atoms with E-state index in [2.05, 4.69) is 6.58 Å². The zero-order valence-electron chi connectivity index (χ0n) is 8.80. The van der Waals surface area contributed by atoms with Gasteiger partial charge in [0.05, 0.1) is 0 Å². The molecule has 2 N–H and O–H groups in total. The van der Waals surface area contributed by atoms with E-state index in [1.807, 2.05) is 0 Å². The number of nitrogens with two attached hydrogens (primary N) is 1. The average molecular weight is 197 g/mol. The SMILES string of the molecule is C=C(/C=C(\C=C/N)C(C)=O)C(C)(C)F. The highest BCUT2D eigenvalue weighted by Crippen LogP contribution is 2.21. The van der Waals surface area contributed by atoms with Crippen molar-refractivity contribution in [2.24, 2.45) is 5.73 Å². The van der Waals surface area contributed by atoms with Gasteiger partial charge >= 0.3 is 0 Å². The van der Waals surface area contributed by atoms with Crippen molar-refractivity contribution < 1.29 is 9.18 Å². The maximum atomic E-state index is 13.3. The van der Waals surface area contributed by atoms with E-state index in [4.69, 9.17) is 5.73 Å². The number of alkyl halides is 1. The van der Waals surface area contributed by atoms with Crippen LogP contribution in [0.4, 0.5) is 4.39 Å². The Bertz CT molecular complexity index is 295. The molecule has 0 bridgehead atoms. The van der Waals surface area contributed by atoms with Crippen molar-refractivity contribution in [2.45, 2.75) is 26.4 Å². The number of allylic oxidation sites excluding steroid dienone is 4. The fraction of sp³-hybridized carbons (Fsp3) is 0.364. The lowest BCUT2D eigenvalue weighted by molar-refractivity contribution is -0.113. The third-order valence-electron chi connectivity index (χ3n) is 1.78. The largest absolute Gasteiger partial charge is 0.405 e. The van der Waals surface area contributed by atoms with Gasteiger partial charge in [0.2, 0.25) is 0 Å². The van der Waals surface area contributed by atoms with Crippen molar-refractivity contribution in [1.82, 2.24) is 0 Å². The van der Waals surface area contributed by atoms with Crippen LogP contribution in [0.1, 0.15) is 20.8 Å². The van der Waals surface area contributed by atoms with Crippen LogP contribution in [0, 0.1) is 0 Å². The normalized spacial score (nSPS) is 13.3. The van der Waals surface area contributed by atoms with Crippen LogP contribution in [0.3, 0.4) is 0 Å². The fourth-order valence-electron chi connectivity index (χ4n) is 0.730. The molecule has 0 saturated carbocycles. The maximum Gasteiger partial charge on any atom is 0.159 e. The van der Waals surface area contributed by atoms with Gasteiger partial charge in [0.1, 0.15) is 5.67 Å². The first-order valence-corrected chi connectivity index (χ1v) is 4.28. The molecule has 0 radical (unpaired) electrons. The third-order valence-corrected chi connectivity index (χ3v) is 1.78. The predicted molar refractivity (Wildman–Crippen MR) is 56.4 cm³/mol. The van der Waals surface area contributed by atoms with Gasteiger partial charge in [0.25, 0.3) is 0 Å². The van der Waals surface area contributed by atoms with Crippen LogP contribution >= 0.6 is 0 Å². The molecule has 0 saturated heterocycles. The molecule has 3 heteroatoms. The summed E-state index contributed by atoms with van der Waals surface area (Å²) in [4.78, 5) is 11.1. The molecule has 0 heterocycles. The lowest BCUT2D eigenvalue weighted by Crippen LogP contribution is -2.14. The fourth-order valence-corrected chi connectivity index (χ4v) is 0.730. The van der Waals surface area contributed by atoms with E-state index in [0.29, 0.717) is 5.57 Å². The van der Waals surface area contributed by atoms with Crippen molar-refractivity contribution in [1.29, 1.82) is 0 Å². The van der Waals surface area contributed by atoms with E-state index < -0.39 is 5.67 Å². The second kappa shape index (κ2) is 4.74. The van der Waals surface area contributed by atoms with Crippen LogP contribution in [0.25, 0.3) is 0 Å². The van der Waals surface area contributed by atoms with Gasteiger partial charge in [-0.05, 0) is 44.7 Å². The molecule has 0 atom stereocenters. The molecule has 0 aliphatic carbocycles. The molecule has 0 aliphatic heterocycles. The lowest BCUT2D eigenvalue weighted by Gasteiger charge is -2.14. The van der Waals surface area contributed by atoms with Crippen LogP contribution in [0.15, 0.2) is 36.1 Å². The second-order valence-electron chi connectivity index (χ2n) is 3.51. The third kappa shape index (κ3) is 4.03. The van der Waals surface area contributed by atoms with Crippen LogP contribution in [0.5, 0.6) is 0 Å². The number of rotatable bonds is 4. The summed E-state index contributed by atoms with van der Waals surface area (Å²) in [5.74, 6) is -0.169. The molecule has 0 rings (SSSR count). The highest BCUT2D eigenvalue weighted by molar-refractivity contribution is 5.96. The summed E-state index contributed by atoms with van der Waals surface area (Å²) in [6, 6.07) is 0. The van der Waals surface area contributed by atoms with Crippen molar-refractivity contribution >= 4 is 5.78 Å². The molecule has 0 spiro atoms. The van der Waals surface area contributed by atoms with Crippen LogP contribution < -0.4 is 5.73 Å². The topological polar surface area (TPSA) is 43.1 Å². The Morgan fingerprint density at radius 1 is 1.50 bits per heavy atom.